The predicted molar refractivity (Wildman–Crippen MR) is 233 cm³/mol. The molecule has 5 aromatic heterocycles. The highest BCUT2D eigenvalue weighted by molar-refractivity contribution is 6.16. The maximum atomic E-state index is 5.24. The fourth-order valence-corrected chi connectivity index (χ4v) is 8.44. The molecule has 0 amide bonds. The maximum Gasteiger partial charge on any atom is 0.235 e. The third-order valence-electron chi connectivity index (χ3n) is 11.0. The van der Waals surface area contributed by atoms with Gasteiger partial charge in [0.15, 0.2) is 5.65 Å². The summed E-state index contributed by atoms with van der Waals surface area (Å²) < 4.78 is 6.76. The Kier molecular flexibility index (Phi) is 7.13. The van der Waals surface area contributed by atoms with Gasteiger partial charge in [-0.05, 0) is 84.8 Å². The Hall–Kier alpha value is -7.57. The molecule has 0 bridgehead atoms. The number of aromatic nitrogens is 6. The van der Waals surface area contributed by atoms with Gasteiger partial charge in [0.2, 0.25) is 5.95 Å². The van der Waals surface area contributed by atoms with Crippen molar-refractivity contribution < 1.29 is 0 Å². The second kappa shape index (κ2) is 12.5. The molecule has 6 nitrogen and oxygen atoms in total. The minimum absolute atomic E-state index is 0.624. The van der Waals surface area contributed by atoms with Crippen LogP contribution in [0.25, 0.3) is 99.5 Å². The maximum absolute atomic E-state index is 5.24. The lowest BCUT2D eigenvalue weighted by Crippen LogP contribution is -2.04. The van der Waals surface area contributed by atoms with Crippen LogP contribution in [-0.4, -0.2) is 28.5 Å². The van der Waals surface area contributed by atoms with E-state index in [2.05, 4.69) is 160 Å². The van der Waals surface area contributed by atoms with Crippen LogP contribution in [0.3, 0.4) is 0 Å². The van der Waals surface area contributed by atoms with Crippen molar-refractivity contribution in [1.82, 2.24) is 28.5 Å². The first-order valence-electron chi connectivity index (χ1n) is 18.9. The van der Waals surface area contributed by atoms with Crippen LogP contribution < -0.4 is 0 Å². The number of imidazole rings is 1. The molecule has 6 heteroatoms. The van der Waals surface area contributed by atoms with Crippen molar-refractivity contribution in [3.8, 4) is 22.8 Å². The largest absolute Gasteiger partial charge is 0.306 e. The molecule has 0 spiro atoms. The third kappa shape index (κ3) is 4.72. The minimum atomic E-state index is 0.624. The molecule has 0 aliphatic heterocycles. The van der Waals surface area contributed by atoms with Crippen molar-refractivity contribution in [2.75, 3.05) is 0 Å². The van der Waals surface area contributed by atoms with Crippen molar-refractivity contribution >= 4 is 76.8 Å². The lowest BCUT2D eigenvalue weighted by Gasteiger charge is -2.12. The Labute approximate surface area is 322 Å². The zero-order valence-corrected chi connectivity index (χ0v) is 30.6. The van der Waals surface area contributed by atoms with Gasteiger partial charge in [0.05, 0.1) is 44.3 Å². The molecule has 56 heavy (non-hydrogen) atoms. The van der Waals surface area contributed by atoms with Crippen molar-refractivity contribution in [3.05, 3.63) is 188 Å². The van der Waals surface area contributed by atoms with E-state index in [1.807, 2.05) is 43.4 Å². The van der Waals surface area contributed by atoms with Crippen LogP contribution in [-0.2, 0) is 0 Å². The summed E-state index contributed by atoms with van der Waals surface area (Å²) in [5.74, 6) is 0.624. The molecule has 0 fully saturated rings. The first-order valence-corrected chi connectivity index (χ1v) is 18.9. The zero-order chi connectivity index (χ0) is 37.3. The van der Waals surface area contributed by atoms with E-state index in [1.54, 1.807) is 0 Å². The van der Waals surface area contributed by atoms with Crippen LogP contribution in [0, 0.1) is 0 Å². The van der Waals surface area contributed by atoms with Crippen LogP contribution in [0.5, 0.6) is 0 Å². The Balaban J connectivity index is 1.13. The smallest absolute Gasteiger partial charge is 0.235 e. The molecule has 0 atom stereocenters. The molecule has 0 aliphatic carbocycles. The number of hydrogen-bond acceptors (Lipinski definition) is 3. The van der Waals surface area contributed by atoms with Crippen LogP contribution in [0.15, 0.2) is 183 Å². The van der Waals surface area contributed by atoms with Gasteiger partial charge in [0.1, 0.15) is 0 Å². The van der Waals surface area contributed by atoms with Gasteiger partial charge in [-0.3, -0.25) is 8.97 Å². The summed E-state index contributed by atoms with van der Waals surface area (Å²) in [4.78, 5) is 15.6. The van der Waals surface area contributed by atoms with Crippen molar-refractivity contribution in [2.24, 2.45) is 0 Å². The highest BCUT2D eigenvalue weighted by Gasteiger charge is 2.21. The van der Waals surface area contributed by atoms with Gasteiger partial charge in [-0.25, -0.2) is 15.0 Å². The number of fused-ring (bicyclic) bond motifs is 11. The fourth-order valence-electron chi connectivity index (χ4n) is 8.44. The van der Waals surface area contributed by atoms with E-state index in [0.717, 1.165) is 93.9 Å². The van der Waals surface area contributed by atoms with Crippen LogP contribution in [0.1, 0.15) is 12.6 Å². The van der Waals surface area contributed by atoms with Gasteiger partial charge in [-0.1, -0.05) is 110 Å². The van der Waals surface area contributed by atoms with Gasteiger partial charge in [-0.15, -0.1) is 0 Å². The summed E-state index contributed by atoms with van der Waals surface area (Å²) in [5.41, 5.74) is 13.4. The zero-order valence-electron chi connectivity index (χ0n) is 30.6. The Morgan fingerprint density at radius 3 is 1.96 bits per heavy atom. The number of allylic oxidation sites excluding steroid dienone is 5. The minimum Gasteiger partial charge on any atom is -0.306 e. The van der Waals surface area contributed by atoms with Gasteiger partial charge < -0.3 is 4.57 Å². The number of benzene rings is 6. The summed E-state index contributed by atoms with van der Waals surface area (Å²) in [7, 11) is 0. The van der Waals surface area contributed by atoms with Gasteiger partial charge in [-0.2, -0.15) is 0 Å². The molecular formula is C50H34N6. The lowest BCUT2D eigenvalue weighted by molar-refractivity contribution is 1.00. The number of nitrogens with zero attached hydrogens (tertiary/aromatic N) is 6. The molecule has 11 rings (SSSR count). The summed E-state index contributed by atoms with van der Waals surface area (Å²) in [6.45, 7) is 6.14. The molecule has 264 valence electrons. The molecule has 0 saturated heterocycles. The monoisotopic (exact) mass is 718 g/mol. The molecule has 11 aromatic rings. The summed E-state index contributed by atoms with van der Waals surface area (Å²) in [6, 6.07) is 51.5. The predicted octanol–water partition coefficient (Wildman–Crippen LogP) is 12.4. The number of hydrogen-bond donors (Lipinski definition) is 0. The highest BCUT2D eigenvalue weighted by Crippen LogP contribution is 2.40. The van der Waals surface area contributed by atoms with Crippen molar-refractivity contribution in [1.29, 1.82) is 0 Å². The van der Waals surface area contributed by atoms with E-state index in [9.17, 15) is 0 Å². The standard InChI is InChI=1S/C50H34N6/c1-3-5-15-32(4-2)47-38-19-9-11-20-41(38)52-50(53-47)56-43-22-13-10-18-36(43)39-30-33(25-27-45(39)56)34-24-26-44-40(31-34)37-28-29-54-46-23-14-12-21-42(46)51-49(54)48(37)55(44)35-16-7-6-8-17-35/h3-31H,2H2,1H3/b5-3-,32-15+. The normalized spacial score (nSPS) is 12.5. The fraction of sp³-hybridized carbons (Fsp3) is 0.0200. The van der Waals surface area contributed by atoms with Crippen molar-refractivity contribution in [3.63, 3.8) is 0 Å². The molecular weight excluding hydrogens is 685 g/mol. The SMILES string of the molecule is C=C/C(=C\C=C/C)c1nc(-n2c3ccccc3c3cc(-c4ccc5c(c4)c4ccn6c7ccccc7nc6c4n5-c4ccccc4)ccc32)nc2ccccc12. The Morgan fingerprint density at radius 1 is 0.554 bits per heavy atom. The van der Waals surface area contributed by atoms with E-state index >= 15 is 0 Å². The molecule has 0 N–H and O–H groups in total. The molecule has 0 saturated carbocycles. The second-order valence-corrected chi connectivity index (χ2v) is 14.1. The molecule has 5 heterocycles. The molecule has 0 unspecified atom stereocenters. The second-order valence-electron chi connectivity index (χ2n) is 14.1. The molecule has 6 aromatic carbocycles. The number of pyridine rings is 1. The van der Waals surface area contributed by atoms with Gasteiger partial charge >= 0.3 is 0 Å². The lowest BCUT2D eigenvalue weighted by atomic mass is 10.0. The molecule has 0 radical (unpaired) electrons. The van der Waals surface area contributed by atoms with E-state index in [1.165, 1.54) is 5.39 Å². The van der Waals surface area contributed by atoms with E-state index in [4.69, 9.17) is 15.0 Å². The van der Waals surface area contributed by atoms with Crippen LogP contribution in [0.2, 0.25) is 0 Å². The average molecular weight is 719 g/mol. The third-order valence-corrected chi connectivity index (χ3v) is 11.0. The van der Waals surface area contributed by atoms with E-state index in [-0.39, 0.29) is 0 Å². The average Bonchev–Trinajstić information content (AvgIpc) is 3.91. The molecule has 0 aliphatic rings. The Bertz CT molecular complexity index is 3450. The summed E-state index contributed by atoms with van der Waals surface area (Å²) >= 11 is 0. The number of para-hydroxylation sites is 5. The van der Waals surface area contributed by atoms with E-state index in [0.29, 0.717) is 5.95 Å². The van der Waals surface area contributed by atoms with Gasteiger partial charge in [0, 0.05) is 44.4 Å². The first kappa shape index (κ1) is 31.9. The van der Waals surface area contributed by atoms with Crippen LogP contribution in [0.4, 0.5) is 0 Å². The van der Waals surface area contributed by atoms with Crippen molar-refractivity contribution in [2.45, 2.75) is 6.92 Å². The van der Waals surface area contributed by atoms with E-state index < -0.39 is 0 Å². The topological polar surface area (TPSA) is 52.9 Å². The highest BCUT2D eigenvalue weighted by atomic mass is 15.2. The Morgan fingerprint density at radius 2 is 1.20 bits per heavy atom. The van der Waals surface area contributed by atoms with Crippen LogP contribution >= 0.6 is 0 Å². The quantitative estimate of drug-likeness (QED) is 0.161. The summed E-state index contributed by atoms with van der Waals surface area (Å²) in [5, 5.41) is 5.62. The van der Waals surface area contributed by atoms with Gasteiger partial charge in [0.25, 0.3) is 0 Å². The summed E-state index contributed by atoms with van der Waals surface area (Å²) in [6.07, 6.45) is 10.1. The first-order chi connectivity index (χ1) is 27.7. The number of rotatable bonds is 6.